The number of hydrogen-bond donors (Lipinski definition) is 1. The molecule has 92 valence electrons. The molecule has 0 aromatic carbocycles. The third-order valence-electron chi connectivity index (χ3n) is 2.34. The predicted octanol–water partition coefficient (Wildman–Crippen LogP) is 1.94. The largest absolute Gasteiger partial charge is 0.380 e. The molecule has 0 radical (unpaired) electrons. The Kier molecular flexibility index (Phi) is 5.18. The van der Waals surface area contributed by atoms with Crippen LogP contribution in [0.3, 0.4) is 0 Å². The molecule has 1 aromatic rings. The van der Waals surface area contributed by atoms with Gasteiger partial charge in [-0.2, -0.15) is 0 Å². The first kappa shape index (κ1) is 13.4. The molecule has 16 heavy (non-hydrogen) atoms. The first-order valence-corrected chi connectivity index (χ1v) is 6.39. The quantitative estimate of drug-likeness (QED) is 0.776. The van der Waals surface area contributed by atoms with E-state index in [9.17, 15) is 0 Å². The average molecular weight is 243 g/mol. The molecular weight excluding hydrogens is 222 g/mol. The number of aromatic nitrogens is 1. The van der Waals surface area contributed by atoms with Crippen molar-refractivity contribution in [2.45, 2.75) is 26.8 Å². The monoisotopic (exact) mass is 243 g/mol. The molecule has 0 aliphatic heterocycles. The lowest BCUT2D eigenvalue weighted by Crippen LogP contribution is -2.22. The van der Waals surface area contributed by atoms with Crippen LogP contribution in [-0.2, 0) is 4.74 Å². The molecule has 1 unspecified atom stereocenters. The van der Waals surface area contributed by atoms with E-state index < -0.39 is 0 Å². The molecule has 5 heteroatoms. The van der Waals surface area contributed by atoms with Gasteiger partial charge in [0, 0.05) is 31.1 Å². The Labute approximate surface area is 101 Å². The van der Waals surface area contributed by atoms with E-state index in [0.29, 0.717) is 0 Å². The van der Waals surface area contributed by atoms with Crippen molar-refractivity contribution >= 4 is 16.5 Å². The van der Waals surface area contributed by atoms with Gasteiger partial charge in [-0.05, 0) is 20.8 Å². The highest BCUT2D eigenvalue weighted by Gasteiger charge is 2.13. The van der Waals surface area contributed by atoms with Gasteiger partial charge in [0.05, 0.1) is 12.3 Å². The van der Waals surface area contributed by atoms with Crippen LogP contribution in [-0.4, -0.2) is 31.8 Å². The first-order valence-electron chi connectivity index (χ1n) is 5.58. The Morgan fingerprint density at radius 3 is 2.75 bits per heavy atom. The second-order valence-corrected chi connectivity index (χ2v) is 4.86. The van der Waals surface area contributed by atoms with Crippen LogP contribution in [0.1, 0.15) is 30.5 Å². The summed E-state index contributed by atoms with van der Waals surface area (Å²) < 4.78 is 5.32. The third kappa shape index (κ3) is 3.43. The minimum atomic E-state index is 0.0616. The minimum Gasteiger partial charge on any atom is -0.380 e. The van der Waals surface area contributed by atoms with E-state index in [2.05, 4.69) is 9.88 Å². The maximum Gasteiger partial charge on any atom is 0.185 e. The van der Waals surface area contributed by atoms with Crippen LogP contribution in [0.25, 0.3) is 0 Å². The van der Waals surface area contributed by atoms with E-state index in [0.717, 1.165) is 30.6 Å². The molecule has 1 atom stereocenters. The van der Waals surface area contributed by atoms with Crippen molar-refractivity contribution in [2.24, 2.45) is 5.73 Å². The number of nitrogens with two attached hydrogens (primary N) is 1. The minimum absolute atomic E-state index is 0.0616. The Morgan fingerprint density at radius 1 is 1.56 bits per heavy atom. The second-order valence-electron chi connectivity index (χ2n) is 3.85. The van der Waals surface area contributed by atoms with Crippen molar-refractivity contribution in [3.05, 3.63) is 10.6 Å². The number of thiazole rings is 1. The SMILES string of the molecule is CCOCCN(C)c1nc(C)c(C(C)N)s1. The Balaban J connectivity index is 2.62. The molecule has 1 heterocycles. The van der Waals surface area contributed by atoms with E-state index in [1.54, 1.807) is 11.3 Å². The Morgan fingerprint density at radius 2 is 2.25 bits per heavy atom. The summed E-state index contributed by atoms with van der Waals surface area (Å²) in [5.41, 5.74) is 6.92. The fourth-order valence-corrected chi connectivity index (χ4v) is 2.43. The summed E-state index contributed by atoms with van der Waals surface area (Å²) in [7, 11) is 2.03. The van der Waals surface area contributed by atoms with Gasteiger partial charge in [-0.25, -0.2) is 4.98 Å². The van der Waals surface area contributed by atoms with Crippen LogP contribution < -0.4 is 10.6 Å². The van der Waals surface area contributed by atoms with Crippen LogP contribution in [0.15, 0.2) is 0 Å². The van der Waals surface area contributed by atoms with Crippen molar-refractivity contribution in [1.29, 1.82) is 0 Å². The number of rotatable bonds is 6. The van der Waals surface area contributed by atoms with E-state index in [1.807, 2.05) is 27.8 Å². The molecule has 0 aliphatic carbocycles. The van der Waals surface area contributed by atoms with Gasteiger partial charge in [0.15, 0.2) is 5.13 Å². The third-order valence-corrected chi connectivity index (χ3v) is 3.81. The van der Waals surface area contributed by atoms with Crippen LogP contribution in [0.4, 0.5) is 5.13 Å². The predicted molar refractivity (Wildman–Crippen MR) is 69.2 cm³/mol. The zero-order valence-corrected chi connectivity index (χ0v) is 11.3. The molecule has 0 amide bonds. The molecule has 2 N–H and O–H groups in total. The number of nitrogens with zero attached hydrogens (tertiary/aromatic N) is 2. The Hall–Kier alpha value is -0.650. The average Bonchev–Trinajstić information content (AvgIpc) is 2.60. The molecule has 0 aliphatic rings. The van der Waals surface area contributed by atoms with Crippen LogP contribution in [0.2, 0.25) is 0 Å². The van der Waals surface area contributed by atoms with Crippen molar-refractivity contribution in [3.8, 4) is 0 Å². The maximum atomic E-state index is 5.88. The van der Waals surface area contributed by atoms with Crippen molar-refractivity contribution < 1.29 is 4.74 Å². The highest BCUT2D eigenvalue weighted by atomic mass is 32.1. The standard InChI is InChI=1S/C11H21N3OS/c1-5-15-7-6-14(4)11-13-9(3)10(16-11)8(2)12/h8H,5-7,12H2,1-4H3. The van der Waals surface area contributed by atoms with Gasteiger partial charge in [0.2, 0.25) is 0 Å². The topological polar surface area (TPSA) is 51.4 Å². The van der Waals surface area contributed by atoms with Gasteiger partial charge in [0.1, 0.15) is 0 Å². The number of aryl methyl sites for hydroxylation is 1. The zero-order chi connectivity index (χ0) is 12.1. The zero-order valence-electron chi connectivity index (χ0n) is 10.5. The lowest BCUT2D eigenvalue weighted by molar-refractivity contribution is 0.154. The summed E-state index contributed by atoms with van der Waals surface area (Å²) in [5.74, 6) is 0. The van der Waals surface area contributed by atoms with Crippen LogP contribution in [0.5, 0.6) is 0 Å². The summed E-state index contributed by atoms with van der Waals surface area (Å²) >= 11 is 1.67. The Bertz CT molecular complexity index is 325. The fourth-order valence-electron chi connectivity index (χ4n) is 1.42. The van der Waals surface area contributed by atoms with Crippen molar-refractivity contribution in [3.63, 3.8) is 0 Å². The summed E-state index contributed by atoms with van der Waals surface area (Å²) in [6, 6.07) is 0.0616. The number of likely N-dealkylation sites (N-methyl/N-ethyl adjacent to an activating group) is 1. The van der Waals surface area contributed by atoms with Gasteiger partial charge in [-0.1, -0.05) is 0 Å². The summed E-state index contributed by atoms with van der Waals surface area (Å²) in [6.45, 7) is 8.36. The van der Waals surface area contributed by atoms with E-state index >= 15 is 0 Å². The lowest BCUT2D eigenvalue weighted by Gasteiger charge is -2.15. The van der Waals surface area contributed by atoms with Crippen LogP contribution in [0, 0.1) is 6.92 Å². The molecule has 1 rings (SSSR count). The van der Waals surface area contributed by atoms with Gasteiger partial charge in [-0.3, -0.25) is 0 Å². The first-order chi connectivity index (χ1) is 7.56. The van der Waals surface area contributed by atoms with Crippen molar-refractivity contribution in [1.82, 2.24) is 4.98 Å². The van der Waals surface area contributed by atoms with Gasteiger partial charge in [0.25, 0.3) is 0 Å². The molecule has 0 bridgehead atoms. The number of anilines is 1. The van der Waals surface area contributed by atoms with E-state index in [1.165, 1.54) is 4.88 Å². The van der Waals surface area contributed by atoms with Gasteiger partial charge >= 0.3 is 0 Å². The normalized spacial score (nSPS) is 12.8. The van der Waals surface area contributed by atoms with Gasteiger partial charge in [-0.15, -0.1) is 11.3 Å². The molecule has 1 aromatic heterocycles. The molecule has 0 saturated carbocycles. The highest BCUT2D eigenvalue weighted by Crippen LogP contribution is 2.28. The molecular formula is C11H21N3OS. The highest BCUT2D eigenvalue weighted by molar-refractivity contribution is 7.15. The summed E-state index contributed by atoms with van der Waals surface area (Å²) in [4.78, 5) is 7.79. The molecule has 0 saturated heterocycles. The molecule has 0 spiro atoms. The number of ether oxygens (including phenoxy) is 1. The van der Waals surface area contributed by atoms with Crippen LogP contribution >= 0.6 is 11.3 Å². The van der Waals surface area contributed by atoms with E-state index in [-0.39, 0.29) is 6.04 Å². The summed E-state index contributed by atoms with van der Waals surface area (Å²) in [6.07, 6.45) is 0. The number of hydrogen-bond acceptors (Lipinski definition) is 5. The maximum absolute atomic E-state index is 5.88. The fraction of sp³-hybridized carbons (Fsp3) is 0.727. The lowest BCUT2D eigenvalue weighted by atomic mass is 10.2. The van der Waals surface area contributed by atoms with Crippen molar-refractivity contribution in [2.75, 3.05) is 31.7 Å². The molecule has 0 fully saturated rings. The smallest absolute Gasteiger partial charge is 0.185 e. The molecule has 4 nitrogen and oxygen atoms in total. The van der Waals surface area contributed by atoms with E-state index in [4.69, 9.17) is 10.5 Å². The van der Waals surface area contributed by atoms with Gasteiger partial charge < -0.3 is 15.4 Å². The second kappa shape index (κ2) is 6.18. The summed E-state index contributed by atoms with van der Waals surface area (Å²) in [5, 5.41) is 1.02.